The van der Waals surface area contributed by atoms with Gasteiger partial charge in [-0.1, -0.05) is 0 Å². The number of amides is 1. The van der Waals surface area contributed by atoms with Crippen LogP contribution in [0, 0.1) is 5.92 Å². The maximum atomic E-state index is 11.9. The van der Waals surface area contributed by atoms with Gasteiger partial charge >= 0.3 is 0 Å². The second kappa shape index (κ2) is 5.10. The Hall–Kier alpha value is -1.38. The summed E-state index contributed by atoms with van der Waals surface area (Å²) >= 11 is 0. The number of likely N-dealkylation sites (N-methyl/N-ethyl adjacent to an activating group) is 1. The highest BCUT2D eigenvalue weighted by atomic mass is 16.2. The zero-order valence-corrected chi connectivity index (χ0v) is 9.72. The fourth-order valence-electron chi connectivity index (χ4n) is 1.83. The molecule has 1 aliphatic carbocycles. The van der Waals surface area contributed by atoms with Gasteiger partial charge in [-0.3, -0.25) is 9.78 Å². The lowest BCUT2D eigenvalue weighted by Crippen LogP contribution is -2.33. The van der Waals surface area contributed by atoms with Crippen molar-refractivity contribution >= 4 is 5.91 Å². The number of carbonyl (C=O) groups is 1. The summed E-state index contributed by atoms with van der Waals surface area (Å²) in [5.41, 5.74) is 1.25. The molecule has 1 aromatic rings. The van der Waals surface area contributed by atoms with Gasteiger partial charge in [0, 0.05) is 31.4 Å². The molecule has 86 valence electrons. The van der Waals surface area contributed by atoms with Gasteiger partial charge in [-0.15, -0.1) is 0 Å². The Morgan fingerprint density at radius 1 is 1.44 bits per heavy atom. The van der Waals surface area contributed by atoms with Gasteiger partial charge in [0.2, 0.25) is 5.91 Å². The molecule has 1 heterocycles. The average Bonchev–Trinajstić information content (AvgIpc) is 3.15. The van der Waals surface area contributed by atoms with Crippen LogP contribution in [0.15, 0.2) is 24.5 Å². The van der Waals surface area contributed by atoms with Crippen molar-refractivity contribution in [3.05, 3.63) is 30.1 Å². The summed E-state index contributed by atoms with van der Waals surface area (Å²) in [6.07, 6.45) is 6.70. The molecular formula is C13H18N2O. The van der Waals surface area contributed by atoms with Gasteiger partial charge in [0.25, 0.3) is 0 Å². The van der Waals surface area contributed by atoms with E-state index in [0.717, 1.165) is 32.4 Å². The largest absolute Gasteiger partial charge is 0.342 e. The predicted molar refractivity (Wildman–Crippen MR) is 62.9 cm³/mol. The van der Waals surface area contributed by atoms with Crippen molar-refractivity contribution in [2.24, 2.45) is 5.92 Å². The normalized spacial score (nSPS) is 14.8. The van der Waals surface area contributed by atoms with E-state index in [0.29, 0.717) is 11.8 Å². The standard InChI is InChI=1S/C13H18N2O/c1-2-15(13(16)12-3-4-12)10-7-11-5-8-14-9-6-11/h5-6,8-9,12H,2-4,7,10H2,1H3. The molecule has 1 aliphatic rings. The zero-order chi connectivity index (χ0) is 11.4. The number of rotatable bonds is 5. The van der Waals surface area contributed by atoms with Crippen LogP contribution in [0.2, 0.25) is 0 Å². The van der Waals surface area contributed by atoms with Crippen molar-refractivity contribution in [1.29, 1.82) is 0 Å². The molecule has 0 saturated heterocycles. The second-order valence-corrected chi connectivity index (χ2v) is 4.30. The van der Waals surface area contributed by atoms with Gasteiger partial charge in [-0.25, -0.2) is 0 Å². The molecule has 0 aliphatic heterocycles. The lowest BCUT2D eigenvalue weighted by atomic mass is 10.2. The van der Waals surface area contributed by atoms with Gasteiger partial charge in [0.15, 0.2) is 0 Å². The van der Waals surface area contributed by atoms with E-state index in [-0.39, 0.29) is 0 Å². The molecule has 0 bridgehead atoms. The van der Waals surface area contributed by atoms with E-state index >= 15 is 0 Å². The monoisotopic (exact) mass is 218 g/mol. The quantitative estimate of drug-likeness (QED) is 0.756. The van der Waals surface area contributed by atoms with Crippen molar-refractivity contribution < 1.29 is 4.79 Å². The van der Waals surface area contributed by atoms with Gasteiger partial charge in [-0.05, 0) is 43.9 Å². The van der Waals surface area contributed by atoms with Crippen LogP contribution in [0.5, 0.6) is 0 Å². The molecule has 16 heavy (non-hydrogen) atoms. The molecule has 1 saturated carbocycles. The van der Waals surface area contributed by atoms with E-state index in [1.54, 1.807) is 12.4 Å². The van der Waals surface area contributed by atoms with Crippen LogP contribution in [-0.2, 0) is 11.2 Å². The lowest BCUT2D eigenvalue weighted by Gasteiger charge is -2.20. The number of pyridine rings is 1. The number of hydrogen-bond donors (Lipinski definition) is 0. The Bertz CT molecular complexity index is 346. The van der Waals surface area contributed by atoms with Gasteiger partial charge < -0.3 is 4.90 Å². The van der Waals surface area contributed by atoms with Crippen LogP contribution >= 0.6 is 0 Å². The molecular weight excluding hydrogens is 200 g/mol. The first-order valence-corrected chi connectivity index (χ1v) is 5.99. The Morgan fingerprint density at radius 3 is 2.69 bits per heavy atom. The minimum Gasteiger partial charge on any atom is -0.342 e. The Labute approximate surface area is 96.5 Å². The van der Waals surface area contributed by atoms with Crippen LogP contribution in [0.1, 0.15) is 25.3 Å². The minimum absolute atomic E-state index is 0.331. The average molecular weight is 218 g/mol. The Morgan fingerprint density at radius 2 is 2.12 bits per heavy atom. The van der Waals surface area contributed by atoms with Crippen LogP contribution < -0.4 is 0 Å². The number of aromatic nitrogens is 1. The molecule has 0 spiro atoms. The smallest absolute Gasteiger partial charge is 0.225 e. The maximum Gasteiger partial charge on any atom is 0.225 e. The van der Waals surface area contributed by atoms with E-state index in [4.69, 9.17) is 0 Å². The van der Waals surface area contributed by atoms with Crippen molar-refractivity contribution in [2.75, 3.05) is 13.1 Å². The van der Waals surface area contributed by atoms with E-state index in [9.17, 15) is 4.79 Å². The molecule has 0 N–H and O–H groups in total. The number of carbonyl (C=O) groups excluding carboxylic acids is 1. The van der Waals surface area contributed by atoms with Gasteiger partial charge in [-0.2, -0.15) is 0 Å². The number of nitrogens with zero attached hydrogens (tertiary/aromatic N) is 2. The molecule has 3 nitrogen and oxygen atoms in total. The fourth-order valence-corrected chi connectivity index (χ4v) is 1.83. The third-order valence-electron chi connectivity index (χ3n) is 3.04. The summed E-state index contributed by atoms with van der Waals surface area (Å²) in [7, 11) is 0. The Balaban J connectivity index is 1.85. The van der Waals surface area contributed by atoms with Crippen LogP contribution in [0.25, 0.3) is 0 Å². The molecule has 0 aromatic carbocycles. The summed E-state index contributed by atoms with van der Waals surface area (Å²) in [6.45, 7) is 3.70. The summed E-state index contributed by atoms with van der Waals surface area (Å²) in [4.78, 5) is 17.8. The van der Waals surface area contributed by atoms with Crippen LogP contribution in [0.4, 0.5) is 0 Å². The van der Waals surface area contributed by atoms with Crippen molar-refractivity contribution in [2.45, 2.75) is 26.2 Å². The van der Waals surface area contributed by atoms with Gasteiger partial charge in [0.1, 0.15) is 0 Å². The first-order valence-electron chi connectivity index (χ1n) is 5.99. The first kappa shape index (κ1) is 11.1. The summed E-state index contributed by atoms with van der Waals surface area (Å²) < 4.78 is 0. The maximum absolute atomic E-state index is 11.9. The van der Waals surface area contributed by atoms with E-state index in [2.05, 4.69) is 4.98 Å². The highest BCUT2D eigenvalue weighted by Crippen LogP contribution is 2.30. The van der Waals surface area contributed by atoms with Crippen molar-refractivity contribution in [3.8, 4) is 0 Å². The third-order valence-corrected chi connectivity index (χ3v) is 3.04. The third kappa shape index (κ3) is 2.81. The van der Waals surface area contributed by atoms with Crippen LogP contribution in [-0.4, -0.2) is 28.9 Å². The topological polar surface area (TPSA) is 33.2 Å². The molecule has 0 atom stereocenters. The molecule has 2 rings (SSSR count). The van der Waals surface area contributed by atoms with E-state index < -0.39 is 0 Å². The molecule has 1 aromatic heterocycles. The SMILES string of the molecule is CCN(CCc1ccncc1)C(=O)C1CC1. The molecule has 1 amide bonds. The minimum atomic E-state index is 0.331. The lowest BCUT2D eigenvalue weighted by molar-refractivity contribution is -0.132. The Kier molecular flexibility index (Phi) is 3.54. The first-order chi connectivity index (χ1) is 7.81. The summed E-state index contributed by atoms with van der Waals surface area (Å²) in [6, 6.07) is 4.02. The second-order valence-electron chi connectivity index (χ2n) is 4.30. The molecule has 3 heteroatoms. The van der Waals surface area contributed by atoms with E-state index in [1.807, 2.05) is 24.0 Å². The zero-order valence-electron chi connectivity index (χ0n) is 9.72. The van der Waals surface area contributed by atoms with Crippen molar-refractivity contribution in [3.63, 3.8) is 0 Å². The number of hydrogen-bond acceptors (Lipinski definition) is 2. The molecule has 0 unspecified atom stereocenters. The predicted octanol–water partition coefficient (Wildman–Crippen LogP) is 1.88. The molecule has 1 fully saturated rings. The van der Waals surface area contributed by atoms with Gasteiger partial charge in [0.05, 0.1) is 0 Å². The highest BCUT2D eigenvalue weighted by Gasteiger charge is 2.32. The van der Waals surface area contributed by atoms with Crippen LogP contribution in [0.3, 0.4) is 0 Å². The van der Waals surface area contributed by atoms with Crippen molar-refractivity contribution in [1.82, 2.24) is 9.88 Å². The fraction of sp³-hybridized carbons (Fsp3) is 0.538. The summed E-state index contributed by atoms with van der Waals surface area (Å²) in [5.74, 6) is 0.675. The van der Waals surface area contributed by atoms with E-state index in [1.165, 1.54) is 5.56 Å². The summed E-state index contributed by atoms with van der Waals surface area (Å²) in [5, 5.41) is 0. The highest BCUT2D eigenvalue weighted by molar-refractivity contribution is 5.81. The molecule has 0 radical (unpaired) electrons.